The fraction of sp³-hybridized carbons (Fsp3) is 0.312. The molecule has 6 heteroatoms. The second kappa shape index (κ2) is 5.38. The number of hydrogen-bond donors (Lipinski definition) is 1. The molecule has 1 aromatic heterocycles. The SMILES string of the molecule is CC(=O)N[C@@H]1CN(c2ccc3ncccc3c2)C(C)(C=O)O1. The van der Waals surface area contributed by atoms with E-state index in [2.05, 4.69) is 10.3 Å². The van der Waals surface area contributed by atoms with Crippen LogP contribution in [0.2, 0.25) is 0 Å². The van der Waals surface area contributed by atoms with Crippen molar-refractivity contribution in [1.82, 2.24) is 10.3 Å². The van der Waals surface area contributed by atoms with E-state index in [0.29, 0.717) is 6.54 Å². The van der Waals surface area contributed by atoms with Crippen LogP contribution in [0.25, 0.3) is 10.9 Å². The minimum Gasteiger partial charge on any atom is -0.333 e. The smallest absolute Gasteiger partial charge is 0.218 e. The molecule has 1 saturated heterocycles. The van der Waals surface area contributed by atoms with E-state index in [1.165, 1.54) is 6.92 Å². The monoisotopic (exact) mass is 299 g/mol. The van der Waals surface area contributed by atoms with Gasteiger partial charge in [-0.15, -0.1) is 0 Å². The molecular formula is C16H17N3O3. The van der Waals surface area contributed by atoms with Crippen LogP contribution < -0.4 is 10.2 Å². The quantitative estimate of drug-likeness (QED) is 0.869. The first-order valence-corrected chi connectivity index (χ1v) is 7.05. The van der Waals surface area contributed by atoms with Gasteiger partial charge in [-0.25, -0.2) is 0 Å². The standard InChI is InChI=1S/C16H17N3O3/c1-11(21)18-15-9-19(16(2,10-20)22-15)13-5-6-14-12(8-13)4-3-7-17-14/h3-8,10,15H,9H2,1-2H3,(H,18,21)/t15-,16?/m0/s1. The zero-order valence-corrected chi connectivity index (χ0v) is 12.4. The molecule has 3 rings (SSSR count). The second-order valence-electron chi connectivity index (χ2n) is 5.47. The molecule has 2 atom stereocenters. The van der Waals surface area contributed by atoms with Gasteiger partial charge in [0.2, 0.25) is 5.91 Å². The Morgan fingerprint density at radius 2 is 2.32 bits per heavy atom. The van der Waals surface area contributed by atoms with E-state index in [4.69, 9.17) is 4.74 Å². The fourth-order valence-electron chi connectivity index (χ4n) is 2.72. The minimum absolute atomic E-state index is 0.192. The van der Waals surface area contributed by atoms with Gasteiger partial charge < -0.3 is 15.0 Å². The van der Waals surface area contributed by atoms with Crippen molar-refractivity contribution in [3.63, 3.8) is 0 Å². The van der Waals surface area contributed by atoms with E-state index in [9.17, 15) is 9.59 Å². The number of benzene rings is 1. The predicted molar refractivity (Wildman–Crippen MR) is 82.2 cm³/mol. The molecule has 1 N–H and O–H groups in total. The first kappa shape index (κ1) is 14.5. The van der Waals surface area contributed by atoms with E-state index >= 15 is 0 Å². The molecule has 1 aromatic carbocycles. The molecule has 1 aliphatic heterocycles. The summed E-state index contributed by atoms with van der Waals surface area (Å²) in [4.78, 5) is 28.9. The molecule has 0 saturated carbocycles. The summed E-state index contributed by atoms with van der Waals surface area (Å²) < 4.78 is 5.70. The lowest BCUT2D eigenvalue weighted by Crippen LogP contribution is -2.43. The van der Waals surface area contributed by atoms with Crippen LogP contribution in [0.1, 0.15) is 13.8 Å². The average Bonchev–Trinajstić information content (AvgIpc) is 2.83. The van der Waals surface area contributed by atoms with Crippen LogP contribution in [0.3, 0.4) is 0 Å². The third-order valence-electron chi connectivity index (χ3n) is 3.75. The molecule has 114 valence electrons. The van der Waals surface area contributed by atoms with E-state index < -0.39 is 12.0 Å². The van der Waals surface area contributed by atoms with Crippen LogP contribution in [0, 0.1) is 0 Å². The number of aldehydes is 1. The normalized spacial score (nSPS) is 24.5. The lowest BCUT2D eigenvalue weighted by molar-refractivity contribution is -0.133. The number of pyridine rings is 1. The maximum Gasteiger partial charge on any atom is 0.218 e. The molecule has 1 amide bonds. The third-order valence-corrected chi connectivity index (χ3v) is 3.75. The summed E-state index contributed by atoms with van der Waals surface area (Å²) in [6.45, 7) is 3.52. The summed E-state index contributed by atoms with van der Waals surface area (Å²) in [6, 6.07) is 9.60. The molecule has 0 bridgehead atoms. The van der Waals surface area contributed by atoms with Crippen LogP contribution >= 0.6 is 0 Å². The summed E-state index contributed by atoms with van der Waals surface area (Å²) in [5.41, 5.74) is 0.628. The Labute approximate surface area is 128 Å². The maximum atomic E-state index is 11.5. The molecule has 1 unspecified atom stereocenters. The number of nitrogens with one attached hydrogen (secondary N) is 1. The van der Waals surface area contributed by atoms with Gasteiger partial charge in [0.15, 0.2) is 18.2 Å². The van der Waals surface area contributed by atoms with Gasteiger partial charge in [0.1, 0.15) is 0 Å². The number of amides is 1. The molecule has 22 heavy (non-hydrogen) atoms. The highest BCUT2D eigenvalue weighted by Gasteiger charge is 2.43. The predicted octanol–water partition coefficient (Wildman–Crippen LogP) is 1.45. The Morgan fingerprint density at radius 1 is 1.50 bits per heavy atom. The zero-order chi connectivity index (χ0) is 15.7. The van der Waals surface area contributed by atoms with Crippen LogP contribution in [0.5, 0.6) is 0 Å². The number of aromatic nitrogens is 1. The van der Waals surface area contributed by atoms with Gasteiger partial charge in [-0.3, -0.25) is 14.6 Å². The Kier molecular flexibility index (Phi) is 3.54. The number of anilines is 1. The average molecular weight is 299 g/mol. The summed E-state index contributed by atoms with van der Waals surface area (Å²) in [6.07, 6.45) is 1.98. The molecule has 2 heterocycles. The van der Waals surface area contributed by atoms with Crippen LogP contribution in [-0.2, 0) is 14.3 Å². The molecule has 1 aliphatic rings. The number of hydrogen-bond acceptors (Lipinski definition) is 5. The van der Waals surface area contributed by atoms with Gasteiger partial charge in [0.05, 0.1) is 12.1 Å². The van der Waals surface area contributed by atoms with Crippen molar-refractivity contribution in [2.75, 3.05) is 11.4 Å². The number of fused-ring (bicyclic) bond motifs is 1. The number of rotatable bonds is 3. The molecule has 6 nitrogen and oxygen atoms in total. The largest absolute Gasteiger partial charge is 0.333 e. The molecule has 1 fully saturated rings. The lowest BCUT2D eigenvalue weighted by atomic mass is 10.1. The Hall–Kier alpha value is -2.47. The highest BCUT2D eigenvalue weighted by Crippen LogP contribution is 2.32. The fourth-order valence-corrected chi connectivity index (χ4v) is 2.72. The number of nitrogens with zero attached hydrogens (tertiary/aromatic N) is 2. The van der Waals surface area contributed by atoms with Gasteiger partial charge in [0, 0.05) is 24.2 Å². The molecular weight excluding hydrogens is 282 g/mol. The molecule has 0 spiro atoms. The minimum atomic E-state index is -1.11. The highest BCUT2D eigenvalue weighted by molar-refractivity contribution is 5.84. The van der Waals surface area contributed by atoms with Gasteiger partial charge in [-0.05, 0) is 31.2 Å². The van der Waals surface area contributed by atoms with Crippen LogP contribution in [0.4, 0.5) is 5.69 Å². The van der Waals surface area contributed by atoms with Gasteiger partial charge >= 0.3 is 0 Å². The number of carbonyl (C=O) groups is 2. The van der Waals surface area contributed by atoms with Gasteiger partial charge in [-0.2, -0.15) is 0 Å². The summed E-state index contributed by atoms with van der Waals surface area (Å²) in [5, 5.41) is 3.68. The van der Waals surface area contributed by atoms with Crippen molar-refractivity contribution in [3.8, 4) is 0 Å². The topological polar surface area (TPSA) is 71.5 Å². The third kappa shape index (κ3) is 2.53. The maximum absolute atomic E-state index is 11.5. The van der Waals surface area contributed by atoms with Gasteiger partial charge in [0.25, 0.3) is 0 Å². The van der Waals surface area contributed by atoms with E-state index in [0.717, 1.165) is 22.9 Å². The van der Waals surface area contributed by atoms with E-state index in [1.807, 2.05) is 35.2 Å². The molecule has 2 aromatic rings. The Morgan fingerprint density at radius 3 is 3.05 bits per heavy atom. The van der Waals surface area contributed by atoms with Crippen molar-refractivity contribution >= 4 is 28.8 Å². The first-order valence-electron chi connectivity index (χ1n) is 7.05. The van der Waals surface area contributed by atoms with Crippen molar-refractivity contribution in [2.24, 2.45) is 0 Å². The van der Waals surface area contributed by atoms with E-state index in [1.54, 1.807) is 13.1 Å². The van der Waals surface area contributed by atoms with Crippen LogP contribution in [0.15, 0.2) is 36.5 Å². The highest BCUT2D eigenvalue weighted by atomic mass is 16.6. The second-order valence-corrected chi connectivity index (χ2v) is 5.47. The number of ether oxygens (including phenoxy) is 1. The van der Waals surface area contributed by atoms with Gasteiger partial charge in [-0.1, -0.05) is 6.07 Å². The molecule has 0 radical (unpaired) electrons. The van der Waals surface area contributed by atoms with Crippen molar-refractivity contribution < 1.29 is 14.3 Å². The lowest BCUT2D eigenvalue weighted by Gasteiger charge is -2.30. The molecule has 0 aliphatic carbocycles. The summed E-state index contributed by atoms with van der Waals surface area (Å²) in [7, 11) is 0. The summed E-state index contributed by atoms with van der Waals surface area (Å²) >= 11 is 0. The van der Waals surface area contributed by atoms with Crippen molar-refractivity contribution in [2.45, 2.75) is 25.8 Å². The Balaban J connectivity index is 1.96. The summed E-state index contributed by atoms with van der Waals surface area (Å²) in [5.74, 6) is -0.192. The number of carbonyl (C=O) groups excluding carboxylic acids is 2. The zero-order valence-electron chi connectivity index (χ0n) is 12.4. The van der Waals surface area contributed by atoms with E-state index in [-0.39, 0.29) is 5.91 Å². The van der Waals surface area contributed by atoms with Crippen molar-refractivity contribution in [1.29, 1.82) is 0 Å². The van der Waals surface area contributed by atoms with Crippen LogP contribution in [-0.4, -0.2) is 35.7 Å². The first-order chi connectivity index (χ1) is 10.5. The Bertz CT molecular complexity index is 733. The van der Waals surface area contributed by atoms with Crippen molar-refractivity contribution in [3.05, 3.63) is 36.5 Å².